The van der Waals surface area contributed by atoms with Crippen molar-refractivity contribution in [1.82, 2.24) is 9.55 Å². The molecule has 0 fully saturated rings. The van der Waals surface area contributed by atoms with E-state index in [2.05, 4.69) is 20.9 Å². The Morgan fingerprint density at radius 2 is 2.00 bits per heavy atom. The molecule has 0 atom stereocenters. The van der Waals surface area contributed by atoms with E-state index in [0.717, 1.165) is 22.3 Å². The highest BCUT2D eigenvalue weighted by Gasteiger charge is 2.08. The van der Waals surface area contributed by atoms with Crippen molar-refractivity contribution in [3.8, 4) is 5.69 Å². The zero-order chi connectivity index (χ0) is 13.6. The molecule has 5 heteroatoms. The molecule has 0 unspecified atom stereocenters. The Kier molecular flexibility index (Phi) is 3.03. The first-order valence-corrected chi connectivity index (χ1v) is 6.93. The van der Waals surface area contributed by atoms with Crippen LogP contribution in [0.25, 0.3) is 16.7 Å². The topological polar surface area (TPSA) is 20.7 Å². The number of fused-ring (bicyclic) bond motifs is 1. The molecule has 1 heterocycles. The lowest BCUT2D eigenvalue weighted by Crippen LogP contribution is -1.94. The molecule has 19 heavy (non-hydrogen) atoms. The second kappa shape index (κ2) is 4.58. The third-order valence-corrected chi connectivity index (χ3v) is 3.89. The SMILES string of the molecule is Cc1ccc2c(c1)[nH]c(=S)n2-c1ccc(F)c(Br)c1. The summed E-state index contributed by atoms with van der Waals surface area (Å²) in [5.41, 5.74) is 3.95. The van der Waals surface area contributed by atoms with Gasteiger partial charge in [-0.1, -0.05) is 6.07 Å². The van der Waals surface area contributed by atoms with Crippen LogP contribution in [0.15, 0.2) is 40.9 Å². The van der Waals surface area contributed by atoms with Gasteiger partial charge in [-0.15, -0.1) is 0 Å². The first-order valence-electron chi connectivity index (χ1n) is 5.73. The number of nitrogens with zero attached hydrogens (tertiary/aromatic N) is 1. The zero-order valence-corrected chi connectivity index (χ0v) is 12.5. The zero-order valence-electron chi connectivity index (χ0n) is 10.1. The number of H-pyrrole nitrogens is 1. The van der Waals surface area contributed by atoms with Crippen molar-refractivity contribution < 1.29 is 4.39 Å². The molecule has 3 aromatic rings. The van der Waals surface area contributed by atoms with Gasteiger partial charge >= 0.3 is 0 Å². The average Bonchev–Trinajstić information content (AvgIpc) is 2.68. The Bertz CT molecular complexity index is 835. The van der Waals surface area contributed by atoms with Crippen molar-refractivity contribution in [1.29, 1.82) is 0 Å². The molecule has 0 amide bonds. The maximum atomic E-state index is 13.3. The number of halogens is 2. The highest BCUT2D eigenvalue weighted by Crippen LogP contribution is 2.24. The summed E-state index contributed by atoms with van der Waals surface area (Å²) < 4.78 is 16.2. The molecule has 96 valence electrons. The first kappa shape index (κ1) is 12.6. The Morgan fingerprint density at radius 1 is 1.21 bits per heavy atom. The number of aromatic nitrogens is 2. The van der Waals surface area contributed by atoms with Gasteiger partial charge in [-0.25, -0.2) is 4.39 Å². The predicted molar refractivity (Wildman–Crippen MR) is 80.9 cm³/mol. The maximum absolute atomic E-state index is 13.3. The number of benzene rings is 2. The van der Waals surface area contributed by atoms with Crippen LogP contribution >= 0.6 is 28.1 Å². The summed E-state index contributed by atoms with van der Waals surface area (Å²) >= 11 is 8.55. The third-order valence-electron chi connectivity index (χ3n) is 3.00. The van der Waals surface area contributed by atoms with Crippen LogP contribution in [0.2, 0.25) is 0 Å². The largest absolute Gasteiger partial charge is 0.330 e. The van der Waals surface area contributed by atoms with Gasteiger partial charge in [-0.3, -0.25) is 4.57 Å². The van der Waals surface area contributed by atoms with E-state index in [9.17, 15) is 4.39 Å². The van der Waals surface area contributed by atoms with Gasteiger partial charge in [0, 0.05) is 5.69 Å². The number of rotatable bonds is 1. The number of nitrogens with one attached hydrogen (secondary N) is 1. The highest BCUT2D eigenvalue weighted by molar-refractivity contribution is 9.10. The number of aryl methyl sites for hydroxylation is 1. The van der Waals surface area contributed by atoms with Crippen LogP contribution in [0.3, 0.4) is 0 Å². The third kappa shape index (κ3) is 2.13. The summed E-state index contributed by atoms with van der Waals surface area (Å²) in [5, 5.41) is 0. The monoisotopic (exact) mass is 336 g/mol. The summed E-state index contributed by atoms with van der Waals surface area (Å²) in [6.07, 6.45) is 0. The minimum atomic E-state index is -0.286. The molecule has 0 saturated heterocycles. The standard InChI is InChI=1S/C14H10BrFN2S/c1-8-2-5-13-12(6-8)17-14(19)18(13)9-3-4-11(16)10(15)7-9/h2-7H,1H3,(H,17,19). The molecular weight excluding hydrogens is 327 g/mol. The second-order valence-corrected chi connectivity index (χ2v) is 5.63. The van der Waals surface area contributed by atoms with Crippen molar-refractivity contribution >= 4 is 39.2 Å². The molecule has 1 N–H and O–H groups in total. The molecule has 2 aromatic carbocycles. The van der Waals surface area contributed by atoms with Crippen LogP contribution in [0, 0.1) is 17.5 Å². The predicted octanol–water partition coefficient (Wildman–Crippen LogP) is 4.90. The Labute approximate surface area is 123 Å². The van der Waals surface area contributed by atoms with E-state index in [1.807, 2.05) is 29.7 Å². The van der Waals surface area contributed by atoms with Gasteiger partial charge in [0.05, 0.1) is 15.5 Å². The first-order chi connectivity index (χ1) is 9.06. The van der Waals surface area contributed by atoms with Gasteiger partial charge in [-0.2, -0.15) is 0 Å². The van der Waals surface area contributed by atoms with Crippen LogP contribution in [-0.2, 0) is 0 Å². The number of imidazole rings is 1. The Balaban J connectivity index is 2.32. The Hall–Kier alpha value is -1.46. The molecule has 0 radical (unpaired) electrons. The van der Waals surface area contributed by atoms with Gasteiger partial charge in [0.1, 0.15) is 5.82 Å². The van der Waals surface area contributed by atoms with E-state index >= 15 is 0 Å². The van der Waals surface area contributed by atoms with Gasteiger partial charge in [0.25, 0.3) is 0 Å². The fraction of sp³-hybridized carbons (Fsp3) is 0.0714. The average molecular weight is 337 g/mol. The van der Waals surface area contributed by atoms with Crippen molar-refractivity contribution in [3.63, 3.8) is 0 Å². The van der Waals surface area contributed by atoms with Gasteiger partial charge in [-0.05, 0) is 71.0 Å². The van der Waals surface area contributed by atoms with E-state index < -0.39 is 0 Å². The van der Waals surface area contributed by atoms with Crippen LogP contribution in [0.1, 0.15) is 5.56 Å². The van der Waals surface area contributed by atoms with Crippen molar-refractivity contribution in [2.75, 3.05) is 0 Å². The van der Waals surface area contributed by atoms with Crippen LogP contribution in [0.4, 0.5) is 4.39 Å². The highest BCUT2D eigenvalue weighted by atomic mass is 79.9. The fourth-order valence-corrected chi connectivity index (χ4v) is 2.79. The number of hydrogen-bond donors (Lipinski definition) is 1. The molecule has 1 aromatic heterocycles. The summed E-state index contributed by atoms with van der Waals surface area (Å²) in [7, 11) is 0. The lowest BCUT2D eigenvalue weighted by molar-refractivity contribution is 0.620. The molecule has 0 aliphatic heterocycles. The Morgan fingerprint density at radius 3 is 2.74 bits per heavy atom. The molecule has 2 nitrogen and oxygen atoms in total. The fourth-order valence-electron chi connectivity index (χ4n) is 2.11. The molecule has 3 rings (SSSR count). The minimum Gasteiger partial charge on any atom is -0.330 e. The van der Waals surface area contributed by atoms with Crippen molar-refractivity contribution in [2.45, 2.75) is 6.92 Å². The molecule has 0 spiro atoms. The molecule has 0 bridgehead atoms. The van der Waals surface area contributed by atoms with Gasteiger partial charge < -0.3 is 4.98 Å². The van der Waals surface area contributed by atoms with Gasteiger partial charge in [0.15, 0.2) is 4.77 Å². The van der Waals surface area contributed by atoms with Gasteiger partial charge in [0.2, 0.25) is 0 Å². The molecule has 0 aliphatic rings. The van der Waals surface area contributed by atoms with Crippen LogP contribution in [-0.4, -0.2) is 9.55 Å². The summed E-state index contributed by atoms with van der Waals surface area (Å²) in [4.78, 5) is 3.17. The molecule has 0 saturated carbocycles. The number of aromatic amines is 1. The lowest BCUT2D eigenvalue weighted by Gasteiger charge is -2.06. The molecular formula is C14H10BrFN2S. The van der Waals surface area contributed by atoms with E-state index in [4.69, 9.17) is 12.2 Å². The second-order valence-electron chi connectivity index (χ2n) is 4.38. The van der Waals surface area contributed by atoms with E-state index in [-0.39, 0.29) is 5.82 Å². The lowest BCUT2D eigenvalue weighted by atomic mass is 10.2. The minimum absolute atomic E-state index is 0.286. The van der Waals surface area contributed by atoms with Crippen LogP contribution < -0.4 is 0 Å². The van der Waals surface area contributed by atoms with E-state index in [1.165, 1.54) is 6.07 Å². The van der Waals surface area contributed by atoms with Crippen molar-refractivity contribution in [3.05, 3.63) is 57.0 Å². The summed E-state index contributed by atoms with van der Waals surface area (Å²) in [6, 6.07) is 10.9. The summed E-state index contributed by atoms with van der Waals surface area (Å²) in [6.45, 7) is 2.03. The van der Waals surface area contributed by atoms with E-state index in [0.29, 0.717) is 9.24 Å². The molecule has 0 aliphatic carbocycles. The normalized spacial score (nSPS) is 11.1. The van der Waals surface area contributed by atoms with Crippen molar-refractivity contribution in [2.24, 2.45) is 0 Å². The van der Waals surface area contributed by atoms with E-state index in [1.54, 1.807) is 12.1 Å². The van der Waals surface area contributed by atoms with Crippen LogP contribution in [0.5, 0.6) is 0 Å². The number of hydrogen-bond acceptors (Lipinski definition) is 1. The quantitative estimate of drug-likeness (QED) is 0.627. The maximum Gasteiger partial charge on any atom is 0.182 e. The smallest absolute Gasteiger partial charge is 0.182 e. The summed E-state index contributed by atoms with van der Waals surface area (Å²) in [5.74, 6) is -0.286.